The molecule has 5 rings (SSSR count). The van der Waals surface area contributed by atoms with Crippen molar-refractivity contribution in [2.75, 3.05) is 51.4 Å². The van der Waals surface area contributed by atoms with Crippen LogP contribution in [0.3, 0.4) is 0 Å². The minimum Gasteiger partial charge on any atom is -0.490 e. The molecule has 1 fully saturated rings. The molecule has 3 aromatic rings. The molecule has 0 aromatic heterocycles. The number of anilines is 1. The van der Waals surface area contributed by atoms with Crippen molar-refractivity contribution in [1.29, 1.82) is 0 Å². The summed E-state index contributed by atoms with van der Waals surface area (Å²) in [6.45, 7) is 18.1. The lowest BCUT2D eigenvalue weighted by molar-refractivity contribution is -0.0663. The fourth-order valence-electron chi connectivity index (χ4n) is 8.39. The van der Waals surface area contributed by atoms with Crippen molar-refractivity contribution in [3.63, 3.8) is 0 Å². The Bertz CT molecular complexity index is 1530. The highest BCUT2D eigenvalue weighted by Crippen LogP contribution is 2.46. The molecule has 1 saturated heterocycles. The molecule has 0 saturated carbocycles. The van der Waals surface area contributed by atoms with Gasteiger partial charge in [-0.15, -0.1) is 0 Å². The standard InChI is InChI=1S/C42H60N2O7Si/c1-30(2)52(31(3)4,32(5)6)51-40-26-44(42(46)50-28-34-12-9-8-10-13-34)25-39(41(40)36-17-14-33(27-45)15-18-36)49-29-35-16-19-38-37(24-35)43(21-23-48-38)20-11-22-47-7/h8-10,12-19,24,30-32,39-41,45H,11,20-23,25-29H2,1-7H3/t39-,40+,41+/m0/s1. The molecule has 284 valence electrons. The van der Waals surface area contributed by atoms with E-state index in [1.54, 1.807) is 12.0 Å². The number of likely N-dealkylation sites (tertiary alicyclic amines) is 1. The van der Waals surface area contributed by atoms with Crippen LogP contribution in [-0.2, 0) is 38.5 Å². The van der Waals surface area contributed by atoms with E-state index in [1.165, 1.54) is 0 Å². The minimum absolute atomic E-state index is 0.0273. The van der Waals surface area contributed by atoms with Crippen LogP contribution in [0, 0.1) is 0 Å². The molecule has 0 bridgehead atoms. The summed E-state index contributed by atoms with van der Waals surface area (Å²) in [4.78, 5) is 18.0. The van der Waals surface area contributed by atoms with Crippen molar-refractivity contribution >= 4 is 20.1 Å². The van der Waals surface area contributed by atoms with Crippen molar-refractivity contribution in [3.8, 4) is 5.75 Å². The molecular formula is C42H60N2O7Si. The van der Waals surface area contributed by atoms with Gasteiger partial charge in [0.1, 0.15) is 19.0 Å². The number of methoxy groups -OCH3 is 1. The Kier molecular flexibility index (Phi) is 14.2. The maximum Gasteiger partial charge on any atom is 0.410 e. The number of piperidine rings is 1. The van der Waals surface area contributed by atoms with E-state index in [4.69, 9.17) is 23.4 Å². The first-order chi connectivity index (χ1) is 25.1. The molecule has 0 radical (unpaired) electrons. The summed E-state index contributed by atoms with van der Waals surface area (Å²) in [7, 11) is -0.666. The molecule has 10 heteroatoms. The number of fused-ring (bicyclic) bond motifs is 1. The van der Waals surface area contributed by atoms with Gasteiger partial charge in [0.15, 0.2) is 0 Å². The van der Waals surface area contributed by atoms with Crippen molar-refractivity contribution in [3.05, 3.63) is 95.1 Å². The van der Waals surface area contributed by atoms with Gasteiger partial charge in [0, 0.05) is 32.7 Å². The monoisotopic (exact) mass is 732 g/mol. The molecule has 1 N–H and O–H groups in total. The van der Waals surface area contributed by atoms with Crippen LogP contribution in [0.1, 0.15) is 76.1 Å². The summed E-state index contributed by atoms with van der Waals surface area (Å²) in [5.74, 6) is 0.727. The fourth-order valence-corrected chi connectivity index (χ4v) is 14.0. The quantitative estimate of drug-likeness (QED) is 0.116. The summed E-state index contributed by atoms with van der Waals surface area (Å²) in [5.41, 5.74) is 6.03. The van der Waals surface area contributed by atoms with Crippen LogP contribution in [0.2, 0.25) is 16.6 Å². The summed E-state index contributed by atoms with van der Waals surface area (Å²) in [6, 6.07) is 24.2. The van der Waals surface area contributed by atoms with Gasteiger partial charge in [-0.05, 0) is 57.4 Å². The van der Waals surface area contributed by atoms with Crippen molar-refractivity contribution in [2.24, 2.45) is 0 Å². The van der Waals surface area contributed by atoms with Gasteiger partial charge in [0.25, 0.3) is 0 Å². The first-order valence-electron chi connectivity index (χ1n) is 19.0. The Morgan fingerprint density at radius 3 is 2.19 bits per heavy atom. The minimum atomic E-state index is -2.40. The molecule has 52 heavy (non-hydrogen) atoms. The zero-order chi connectivity index (χ0) is 37.3. The summed E-state index contributed by atoms with van der Waals surface area (Å²) in [5, 5.41) is 9.86. The lowest BCUT2D eigenvalue weighted by atomic mass is 9.84. The van der Waals surface area contributed by atoms with Crippen molar-refractivity contribution in [1.82, 2.24) is 4.90 Å². The molecule has 0 unspecified atom stereocenters. The Labute approximate surface area is 312 Å². The van der Waals surface area contributed by atoms with E-state index in [0.29, 0.717) is 49.5 Å². The second-order valence-electron chi connectivity index (χ2n) is 15.2. The normalized spacial score (nSPS) is 19.2. The number of aliphatic hydroxyl groups excluding tert-OH is 1. The van der Waals surface area contributed by atoms with E-state index < -0.39 is 8.32 Å². The zero-order valence-corrected chi connectivity index (χ0v) is 33.3. The third-order valence-corrected chi connectivity index (χ3v) is 17.0. The van der Waals surface area contributed by atoms with Gasteiger partial charge in [-0.25, -0.2) is 4.79 Å². The highest BCUT2D eigenvalue weighted by atomic mass is 28.4. The maximum atomic E-state index is 13.9. The predicted octanol–water partition coefficient (Wildman–Crippen LogP) is 8.30. The Morgan fingerprint density at radius 1 is 0.865 bits per heavy atom. The molecular weight excluding hydrogens is 673 g/mol. The van der Waals surface area contributed by atoms with E-state index in [9.17, 15) is 9.90 Å². The Hall–Kier alpha value is -3.41. The van der Waals surface area contributed by atoms with E-state index in [-0.39, 0.29) is 37.4 Å². The largest absolute Gasteiger partial charge is 0.490 e. The lowest BCUT2D eigenvalue weighted by Gasteiger charge is -2.50. The maximum absolute atomic E-state index is 13.9. The van der Waals surface area contributed by atoms with Crippen LogP contribution >= 0.6 is 0 Å². The van der Waals surface area contributed by atoms with Gasteiger partial charge < -0.3 is 38.3 Å². The average Bonchev–Trinajstić information content (AvgIpc) is 3.15. The number of rotatable bonds is 16. The van der Waals surface area contributed by atoms with Crippen LogP contribution in [0.15, 0.2) is 72.8 Å². The number of benzene rings is 3. The van der Waals surface area contributed by atoms with Crippen molar-refractivity contribution in [2.45, 2.75) is 103 Å². The first kappa shape index (κ1) is 39.8. The number of amides is 1. The second kappa shape index (κ2) is 18.6. The van der Waals surface area contributed by atoms with Gasteiger partial charge in [-0.3, -0.25) is 0 Å². The van der Waals surface area contributed by atoms with Gasteiger partial charge in [-0.2, -0.15) is 0 Å². The summed E-state index contributed by atoms with van der Waals surface area (Å²) < 4.78 is 31.8. The van der Waals surface area contributed by atoms with Crippen LogP contribution in [0.25, 0.3) is 0 Å². The lowest BCUT2D eigenvalue weighted by Crippen LogP contribution is -2.59. The molecule has 3 atom stereocenters. The summed E-state index contributed by atoms with van der Waals surface area (Å²) >= 11 is 0. The molecule has 0 spiro atoms. The van der Waals surface area contributed by atoms with Crippen LogP contribution in [0.5, 0.6) is 5.75 Å². The smallest absolute Gasteiger partial charge is 0.410 e. The number of aliphatic hydroxyl groups is 1. The van der Waals surface area contributed by atoms with Crippen LogP contribution < -0.4 is 9.64 Å². The Morgan fingerprint density at radius 2 is 1.54 bits per heavy atom. The van der Waals surface area contributed by atoms with E-state index in [0.717, 1.165) is 53.2 Å². The highest BCUT2D eigenvalue weighted by Gasteiger charge is 2.51. The molecule has 9 nitrogen and oxygen atoms in total. The first-order valence-corrected chi connectivity index (χ1v) is 21.2. The fraction of sp³-hybridized carbons (Fsp3) is 0.548. The number of carbonyl (C=O) groups excluding carboxylic acids is 1. The number of ether oxygens (including phenoxy) is 4. The Balaban J connectivity index is 1.49. The van der Waals surface area contributed by atoms with Crippen molar-refractivity contribution < 1.29 is 33.3 Å². The van der Waals surface area contributed by atoms with Crippen LogP contribution in [-0.4, -0.2) is 83.1 Å². The van der Waals surface area contributed by atoms with Gasteiger partial charge in [0.2, 0.25) is 8.32 Å². The van der Waals surface area contributed by atoms with E-state index >= 15 is 0 Å². The number of hydrogen-bond acceptors (Lipinski definition) is 8. The van der Waals surface area contributed by atoms with Crippen LogP contribution in [0.4, 0.5) is 10.5 Å². The van der Waals surface area contributed by atoms with Gasteiger partial charge in [-0.1, -0.05) is 102 Å². The number of hydrogen-bond donors (Lipinski definition) is 1. The summed E-state index contributed by atoms with van der Waals surface area (Å²) in [6.07, 6.45) is -0.147. The molecule has 1 amide bonds. The van der Waals surface area contributed by atoms with Gasteiger partial charge in [0.05, 0.1) is 44.2 Å². The predicted molar refractivity (Wildman–Crippen MR) is 208 cm³/mol. The van der Waals surface area contributed by atoms with Gasteiger partial charge >= 0.3 is 6.09 Å². The third kappa shape index (κ3) is 9.38. The zero-order valence-electron chi connectivity index (χ0n) is 32.3. The molecule has 2 heterocycles. The molecule has 3 aromatic carbocycles. The third-order valence-electron chi connectivity index (χ3n) is 10.9. The topological polar surface area (TPSA) is 89.9 Å². The molecule has 0 aliphatic carbocycles. The highest BCUT2D eigenvalue weighted by molar-refractivity contribution is 6.77. The second-order valence-corrected chi connectivity index (χ2v) is 20.6. The molecule has 2 aliphatic heterocycles. The van der Waals surface area contributed by atoms with E-state index in [2.05, 4.69) is 70.7 Å². The number of carbonyl (C=O) groups is 1. The SMILES string of the molecule is COCCCN1CCOc2ccc(CO[C@H]3CN(C(=O)OCc4ccccc4)C[C@@H](O[Si](C(C)C)(C(C)C)C(C)C)[C@@H]3c3ccc(CO)cc3)cc21. The van der Waals surface area contributed by atoms with E-state index in [1.807, 2.05) is 48.5 Å². The number of nitrogens with zero attached hydrogens (tertiary/aromatic N) is 2. The average molecular weight is 733 g/mol. The molecule has 2 aliphatic rings.